The Hall–Kier alpha value is -2.18. The summed E-state index contributed by atoms with van der Waals surface area (Å²) >= 11 is 0. The molecule has 0 bridgehead atoms. The highest BCUT2D eigenvalue weighted by molar-refractivity contribution is 7.89. The molecule has 1 N–H and O–H groups in total. The molecule has 5 nitrogen and oxygen atoms in total. The van der Waals surface area contributed by atoms with Crippen LogP contribution in [0.2, 0.25) is 0 Å². The van der Waals surface area contributed by atoms with Gasteiger partial charge in [0.25, 0.3) is 5.91 Å². The standard InChI is InChI=1S/C20H24N2O3S/c23-20(22-15-4-5-16-22)18-10-12-19(13-11-18)26(24,25)21-14-6-9-17-7-2-1-3-8-17/h1-3,7-8,10-13,21H,4-6,9,14-16H2. The molecular formula is C20H24N2O3S. The number of hydrogen-bond acceptors (Lipinski definition) is 3. The summed E-state index contributed by atoms with van der Waals surface area (Å²) < 4.78 is 27.4. The zero-order valence-corrected chi connectivity index (χ0v) is 15.5. The van der Waals surface area contributed by atoms with E-state index in [1.165, 1.54) is 17.7 Å². The van der Waals surface area contributed by atoms with Crippen molar-refractivity contribution in [3.05, 3.63) is 65.7 Å². The Morgan fingerprint density at radius 3 is 2.27 bits per heavy atom. The van der Waals surface area contributed by atoms with Crippen LogP contribution in [0.5, 0.6) is 0 Å². The average Bonchev–Trinajstić information content (AvgIpc) is 3.20. The van der Waals surface area contributed by atoms with Crippen LogP contribution in [0, 0.1) is 0 Å². The van der Waals surface area contributed by atoms with E-state index in [0.29, 0.717) is 12.1 Å². The first-order chi connectivity index (χ1) is 12.6. The molecule has 1 fully saturated rings. The molecule has 0 aromatic heterocycles. The molecule has 1 aliphatic rings. The third-order valence-electron chi connectivity index (χ3n) is 4.58. The number of aryl methyl sites for hydroxylation is 1. The SMILES string of the molecule is O=C(c1ccc(S(=O)(=O)NCCCc2ccccc2)cc1)N1CCCC1. The van der Waals surface area contributed by atoms with Gasteiger partial charge in [0.2, 0.25) is 10.0 Å². The van der Waals surface area contributed by atoms with Gasteiger partial charge < -0.3 is 4.90 Å². The first-order valence-electron chi connectivity index (χ1n) is 8.99. The minimum Gasteiger partial charge on any atom is -0.339 e. The van der Waals surface area contributed by atoms with Gasteiger partial charge in [-0.25, -0.2) is 13.1 Å². The molecule has 26 heavy (non-hydrogen) atoms. The smallest absolute Gasteiger partial charge is 0.253 e. The van der Waals surface area contributed by atoms with Gasteiger partial charge in [-0.15, -0.1) is 0 Å². The molecule has 1 heterocycles. The Bertz CT molecular complexity index is 827. The van der Waals surface area contributed by atoms with Crippen LogP contribution in [0.25, 0.3) is 0 Å². The lowest BCUT2D eigenvalue weighted by Gasteiger charge is -2.15. The summed E-state index contributed by atoms with van der Waals surface area (Å²) in [5.74, 6) is -0.0257. The summed E-state index contributed by atoms with van der Waals surface area (Å²) in [7, 11) is -3.55. The zero-order chi connectivity index (χ0) is 18.4. The van der Waals surface area contributed by atoms with Crippen LogP contribution in [-0.4, -0.2) is 38.9 Å². The van der Waals surface area contributed by atoms with Gasteiger partial charge in [-0.3, -0.25) is 4.79 Å². The maximum atomic E-state index is 12.4. The van der Waals surface area contributed by atoms with E-state index >= 15 is 0 Å². The second-order valence-corrected chi connectivity index (χ2v) is 8.28. The molecule has 1 amide bonds. The first-order valence-corrected chi connectivity index (χ1v) is 10.5. The van der Waals surface area contributed by atoms with Crippen molar-refractivity contribution in [2.45, 2.75) is 30.6 Å². The number of carbonyl (C=O) groups is 1. The fourth-order valence-electron chi connectivity index (χ4n) is 3.11. The number of rotatable bonds is 7. The van der Waals surface area contributed by atoms with Crippen molar-refractivity contribution in [2.75, 3.05) is 19.6 Å². The zero-order valence-electron chi connectivity index (χ0n) is 14.7. The summed E-state index contributed by atoms with van der Waals surface area (Å²) in [5.41, 5.74) is 1.73. The van der Waals surface area contributed by atoms with Crippen LogP contribution in [0.15, 0.2) is 59.5 Å². The van der Waals surface area contributed by atoms with Crippen molar-refractivity contribution in [3.8, 4) is 0 Å². The Morgan fingerprint density at radius 1 is 0.962 bits per heavy atom. The van der Waals surface area contributed by atoms with Crippen LogP contribution in [-0.2, 0) is 16.4 Å². The molecule has 1 aliphatic heterocycles. The molecular weight excluding hydrogens is 348 g/mol. The lowest BCUT2D eigenvalue weighted by molar-refractivity contribution is 0.0792. The van der Waals surface area contributed by atoms with Crippen molar-refractivity contribution < 1.29 is 13.2 Å². The van der Waals surface area contributed by atoms with E-state index in [9.17, 15) is 13.2 Å². The van der Waals surface area contributed by atoms with Gasteiger partial charge in [-0.2, -0.15) is 0 Å². The highest BCUT2D eigenvalue weighted by Gasteiger charge is 2.20. The van der Waals surface area contributed by atoms with Crippen LogP contribution in [0.3, 0.4) is 0 Å². The van der Waals surface area contributed by atoms with Crippen molar-refractivity contribution in [1.82, 2.24) is 9.62 Å². The summed E-state index contributed by atoms with van der Waals surface area (Å²) in [6, 6.07) is 16.2. The van der Waals surface area contributed by atoms with Crippen LogP contribution < -0.4 is 4.72 Å². The van der Waals surface area contributed by atoms with Gasteiger partial charge in [0.15, 0.2) is 0 Å². The molecule has 138 valence electrons. The molecule has 0 unspecified atom stereocenters. The quantitative estimate of drug-likeness (QED) is 0.760. The highest BCUT2D eigenvalue weighted by Crippen LogP contribution is 2.15. The molecule has 0 spiro atoms. The second kappa shape index (κ2) is 8.47. The highest BCUT2D eigenvalue weighted by atomic mass is 32.2. The molecule has 0 atom stereocenters. The van der Waals surface area contributed by atoms with E-state index in [4.69, 9.17) is 0 Å². The topological polar surface area (TPSA) is 66.5 Å². The van der Waals surface area contributed by atoms with E-state index < -0.39 is 10.0 Å². The fourth-order valence-corrected chi connectivity index (χ4v) is 4.18. The third-order valence-corrected chi connectivity index (χ3v) is 6.06. The Balaban J connectivity index is 1.54. The monoisotopic (exact) mass is 372 g/mol. The van der Waals surface area contributed by atoms with Gasteiger partial charge in [-0.05, 0) is 55.5 Å². The van der Waals surface area contributed by atoms with Gasteiger partial charge in [0, 0.05) is 25.2 Å². The Kier molecular flexibility index (Phi) is 6.06. The number of amides is 1. The van der Waals surface area contributed by atoms with Crippen molar-refractivity contribution in [1.29, 1.82) is 0 Å². The summed E-state index contributed by atoms with van der Waals surface area (Å²) in [5, 5.41) is 0. The summed E-state index contributed by atoms with van der Waals surface area (Å²) in [4.78, 5) is 14.3. The van der Waals surface area contributed by atoms with Crippen molar-refractivity contribution in [3.63, 3.8) is 0 Å². The average molecular weight is 372 g/mol. The molecule has 0 radical (unpaired) electrons. The maximum Gasteiger partial charge on any atom is 0.253 e. The van der Waals surface area contributed by atoms with Crippen LogP contribution in [0.1, 0.15) is 35.2 Å². The number of nitrogens with zero attached hydrogens (tertiary/aromatic N) is 1. The van der Waals surface area contributed by atoms with Gasteiger partial charge in [0.05, 0.1) is 4.90 Å². The third kappa shape index (κ3) is 4.71. The molecule has 0 saturated carbocycles. The second-order valence-electron chi connectivity index (χ2n) is 6.51. The molecule has 1 saturated heterocycles. The van der Waals surface area contributed by atoms with Crippen molar-refractivity contribution in [2.24, 2.45) is 0 Å². The Morgan fingerprint density at radius 2 is 1.62 bits per heavy atom. The number of carbonyl (C=O) groups excluding carboxylic acids is 1. The van der Waals surface area contributed by atoms with E-state index in [2.05, 4.69) is 4.72 Å². The normalized spacial score (nSPS) is 14.5. The maximum absolute atomic E-state index is 12.4. The lowest BCUT2D eigenvalue weighted by Crippen LogP contribution is -2.28. The fraction of sp³-hybridized carbons (Fsp3) is 0.350. The van der Waals surface area contributed by atoms with Crippen LogP contribution >= 0.6 is 0 Å². The molecule has 2 aromatic rings. The lowest BCUT2D eigenvalue weighted by atomic mass is 10.1. The number of sulfonamides is 1. The molecule has 6 heteroatoms. The molecule has 3 rings (SSSR count). The minimum atomic E-state index is -3.55. The predicted molar refractivity (Wildman–Crippen MR) is 102 cm³/mol. The van der Waals surface area contributed by atoms with E-state index in [1.54, 1.807) is 12.1 Å². The first kappa shape index (κ1) is 18.6. The molecule has 0 aliphatic carbocycles. The predicted octanol–water partition coefficient (Wildman–Crippen LogP) is 2.83. The van der Waals surface area contributed by atoms with E-state index in [1.807, 2.05) is 35.2 Å². The van der Waals surface area contributed by atoms with Crippen LogP contribution in [0.4, 0.5) is 0 Å². The van der Waals surface area contributed by atoms with Gasteiger partial charge >= 0.3 is 0 Å². The summed E-state index contributed by atoms with van der Waals surface area (Å²) in [6.07, 6.45) is 3.62. The largest absolute Gasteiger partial charge is 0.339 e. The van der Waals surface area contributed by atoms with Crippen molar-refractivity contribution >= 4 is 15.9 Å². The minimum absolute atomic E-state index is 0.0257. The van der Waals surface area contributed by atoms with E-state index in [-0.39, 0.29) is 10.8 Å². The molecule has 2 aromatic carbocycles. The number of benzene rings is 2. The number of nitrogens with one attached hydrogen (secondary N) is 1. The van der Waals surface area contributed by atoms with Gasteiger partial charge in [-0.1, -0.05) is 30.3 Å². The summed E-state index contributed by atoms with van der Waals surface area (Å²) in [6.45, 7) is 1.94. The number of likely N-dealkylation sites (tertiary alicyclic amines) is 1. The van der Waals surface area contributed by atoms with E-state index in [0.717, 1.165) is 38.8 Å². The Labute approximate surface area is 155 Å². The van der Waals surface area contributed by atoms with Gasteiger partial charge in [0.1, 0.15) is 0 Å². The number of hydrogen-bond donors (Lipinski definition) is 1.